The zero-order valence-corrected chi connectivity index (χ0v) is 15.7. The molecule has 138 valence electrons. The zero-order valence-electron chi connectivity index (χ0n) is 15.7. The first-order chi connectivity index (χ1) is 13.3. The summed E-state index contributed by atoms with van der Waals surface area (Å²) >= 11 is 0. The Morgan fingerprint density at radius 2 is 1.78 bits per heavy atom. The van der Waals surface area contributed by atoms with E-state index in [1.54, 1.807) is 7.11 Å². The number of nitrogens with one attached hydrogen (secondary N) is 1. The third kappa shape index (κ3) is 3.53. The third-order valence-electron chi connectivity index (χ3n) is 5.15. The van der Waals surface area contributed by atoms with Gasteiger partial charge in [-0.1, -0.05) is 24.6 Å². The molecule has 27 heavy (non-hydrogen) atoms. The lowest BCUT2D eigenvalue weighted by atomic mass is 9.99. The number of methoxy groups -OCH3 is 1. The van der Waals surface area contributed by atoms with Crippen LogP contribution in [0, 0.1) is 0 Å². The fourth-order valence-electron chi connectivity index (χ4n) is 3.69. The molecule has 2 heterocycles. The van der Waals surface area contributed by atoms with Crippen LogP contribution in [0.5, 0.6) is 5.75 Å². The van der Waals surface area contributed by atoms with E-state index in [-0.39, 0.29) is 0 Å². The van der Waals surface area contributed by atoms with Crippen LogP contribution in [0.2, 0.25) is 0 Å². The number of aryl methyl sites for hydroxylation is 1. The molecule has 4 heteroatoms. The van der Waals surface area contributed by atoms with E-state index in [1.165, 1.54) is 33.9 Å². The number of H-pyrrole nitrogens is 1. The Labute approximate surface area is 159 Å². The highest BCUT2D eigenvalue weighted by Crippen LogP contribution is 2.32. The predicted octanol–water partition coefficient (Wildman–Crippen LogP) is 5.06. The first-order valence-corrected chi connectivity index (χ1v) is 9.54. The maximum Gasteiger partial charge on any atom is 0.138 e. The molecule has 0 fully saturated rings. The molecule has 0 spiro atoms. The fraction of sp³-hybridized carbons (Fsp3) is 0.261. The summed E-state index contributed by atoms with van der Waals surface area (Å²) in [7, 11) is 1.69. The lowest BCUT2D eigenvalue weighted by Gasteiger charge is -2.06. The molecule has 0 atom stereocenters. The van der Waals surface area contributed by atoms with Gasteiger partial charge in [0.2, 0.25) is 0 Å². The van der Waals surface area contributed by atoms with Gasteiger partial charge in [-0.2, -0.15) is 0 Å². The average molecular weight is 359 g/mol. The Bertz CT molecular complexity index is 1050. The normalized spacial score (nSPS) is 11.3. The van der Waals surface area contributed by atoms with Crippen LogP contribution in [0.25, 0.3) is 33.1 Å². The van der Waals surface area contributed by atoms with E-state index < -0.39 is 0 Å². The second kappa shape index (κ2) is 7.80. The van der Waals surface area contributed by atoms with Gasteiger partial charge in [0.15, 0.2) is 0 Å². The van der Waals surface area contributed by atoms with Crippen molar-refractivity contribution in [3.8, 4) is 16.9 Å². The van der Waals surface area contributed by atoms with Gasteiger partial charge in [-0.15, -0.1) is 0 Å². The summed E-state index contributed by atoms with van der Waals surface area (Å²) in [6, 6.07) is 16.9. The molecular weight excluding hydrogens is 334 g/mol. The van der Waals surface area contributed by atoms with Gasteiger partial charge in [0.1, 0.15) is 11.4 Å². The number of hydrogen-bond donors (Lipinski definition) is 2. The molecule has 0 amide bonds. The van der Waals surface area contributed by atoms with Crippen LogP contribution in [0.4, 0.5) is 0 Å². The molecule has 0 bridgehead atoms. The molecule has 4 nitrogen and oxygen atoms in total. The van der Waals surface area contributed by atoms with Crippen LogP contribution in [0.3, 0.4) is 0 Å². The third-order valence-corrected chi connectivity index (χ3v) is 5.15. The number of aromatic amines is 1. The van der Waals surface area contributed by atoms with Crippen molar-refractivity contribution in [1.29, 1.82) is 0 Å². The van der Waals surface area contributed by atoms with Crippen molar-refractivity contribution in [2.75, 3.05) is 13.7 Å². The van der Waals surface area contributed by atoms with Crippen molar-refractivity contribution in [1.82, 2.24) is 9.97 Å². The minimum absolute atomic E-state index is 0.768. The standard InChI is InChI=1S/C23H25N3O/c1-27-19-9-6-16(7-10-19)18-8-11-21-20(15-18)22-17(5-3-2-4-13-24)12-14-25-23(22)26-21/h6-12,14-15H,2-5,13,24H2,1H3,(H,25,26). The number of benzene rings is 2. The molecule has 0 aliphatic heterocycles. The van der Waals surface area contributed by atoms with E-state index in [2.05, 4.69) is 46.4 Å². The zero-order chi connectivity index (χ0) is 18.6. The van der Waals surface area contributed by atoms with E-state index in [9.17, 15) is 0 Å². The Morgan fingerprint density at radius 3 is 2.56 bits per heavy atom. The molecule has 4 rings (SSSR count). The van der Waals surface area contributed by atoms with Crippen LogP contribution in [0.15, 0.2) is 54.7 Å². The highest BCUT2D eigenvalue weighted by atomic mass is 16.5. The molecule has 0 saturated carbocycles. The van der Waals surface area contributed by atoms with Crippen molar-refractivity contribution < 1.29 is 4.74 Å². The Balaban J connectivity index is 1.75. The van der Waals surface area contributed by atoms with Crippen molar-refractivity contribution in [3.05, 3.63) is 60.3 Å². The molecule has 0 radical (unpaired) electrons. The lowest BCUT2D eigenvalue weighted by Crippen LogP contribution is -1.98. The van der Waals surface area contributed by atoms with Gasteiger partial charge >= 0.3 is 0 Å². The number of fused-ring (bicyclic) bond motifs is 3. The molecule has 4 aromatic rings. The highest BCUT2D eigenvalue weighted by Gasteiger charge is 2.11. The molecule has 2 aromatic heterocycles. The first-order valence-electron chi connectivity index (χ1n) is 9.54. The van der Waals surface area contributed by atoms with E-state index in [1.807, 2.05) is 18.3 Å². The van der Waals surface area contributed by atoms with Crippen LogP contribution < -0.4 is 10.5 Å². The summed E-state index contributed by atoms with van der Waals surface area (Å²) in [5, 5.41) is 2.48. The van der Waals surface area contributed by atoms with Crippen molar-refractivity contribution in [2.24, 2.45) is 5.73 Å². The SMILES string of the molecule is COc1ccc(-c2ccc3[nH]c4nccc(CCCCCN)c4c3c2)cc1. The topological polar surface area (TPSA) is 63.9 Å². The first kappa shape index (κ1) is 17.6. The largest absolute Gasteiger partial charge is 0.497 e. The Kier molecular flexibility index (Phi) is 5.07. The van der Waals surface area contributed by atoms with Gasteiger partial charge in [0.25, 0.3) is 0 Å². The second-order valence-corrected chi connectivity index (χ2v) is 6.91. The van der Waals surface area contributed by atoms with E-state index >= 15 is 0 Å². The summed E-state index contributed by atoms with van der Waals surface area (Å²) in [6.07, 6.45) is 6.36. The maximum atomic E-state index is 5.62. The summed E-state index contributed by atoms with van der Waals surface area (Å²) in [4.78, 5) is 8.02. The number of ether oxygens (including phenoxy) is 1. The van der Waals surface area contributed by atoms with Gasteiger partial charge < -0.3 is 15.5 Å². The summed E-state index contributed by atoms with van der Waals surface area (Å²) < 4.78 is 5.27. The summed E-state index contributed by atoms with van der Waals surface area (Å²) in [6.45, 7) is 0.768. The van der Waals surface area contributed by atoms with Crippen molar-refractivity contribution in [2.45, 2.75) is 25.7 Å². The molecule has 0 unspecified atom stereocenters. The van der Waals surface area contributed by atoms with E-state index in [0.717, 1.165) is 42.7 Å². The highest BCUT2D eigenvalue weighted by molar-refractivity contribution is 6.08. The molecule has 3 N–H and O–H groups in total. The van der Waals surface area contributed by atoms with Gasteiger partial charge in [0, 0.05) is 22.5 Å². The van der Waals surface area contributed by atoms with Crippen LogP contribution in [-0.4, -0.2) is 23.6 Å². The number of nitrogens with two attached hydrogens (primary N) is 1. The quantitative estimate of drug-likeness (QED) is 0.453. The molecule has 0 aliphatic carbocycles. The number of rotatable bonds is 7. The van der Waals surface area contributed by atoms with Gasteiger partial charge in [-0.3, -0.25) is 0 Å². The summed E-state index contributed by atoms with van der Waals surface area (Å²) in [5.74, 6) is 0.871. The van der Waals surface area contributed by atoms with Crippen molar-refractivity contribution in [3.63, 3.8) is 0 Å². The molecular formula is C23H25N3O. The Morgan fingerprint density at radius 1 is 0.963 bits per heavy atom. The van der Waals surface area contributed by atoms with Crippen LogP contribution in [0.1, 0.15) is 24.8 Å². The number of pyridine rings is 1. The fourth-order valence-corrected chi connectivity index (χ4v) is 3.69. The lowest BCUT2D eigenvalue weighted by molar-refractivity contribution is 0.415. The smallest absolute Gasteiger partial charge is 0.138 e. The number of nitrogens with zero attached hydrogens (tertiary/aromatic N) is 1. The maximum absolute atomic E-state index is 5.62. The average Bonchev–Trinajstić information content (AvgIpc) is 3.10. The molecule has 0 saturated heterocycles. The predicted molar refractivity (Wildman–Crippen MR) is 112 cm³/mol. The molecule has 0 aliphatic rings. The van der Waals surface area contributed by atoms with Gasteiger partial charge in [-0.05, 0) is 72.8 Å². The molecule has 2 aromatic carbocycles. The minimum Gasteiger partial charge on any atom is -0.497 e. The number of aromatic nitrogens is 2. The second-order valence-electron chi connectivity index (χ2n) is 6.91. The van der Waals surface area contributed by atoms with Crippen LogP contribution >= 0.6 is 0 Å². The number of hydrogen-bond acceptors (Lipinski definition) is 3. The monoisotopic (exact) mass is 359 g/mol. The Hall–Kier alpha value is -2.85. The van der Waals surface area contributed by atoms with E-state index in [4.69, 9.17) is 10.5 Å². The van der Waals surface area contributed by atoms with Gasteiger partial charge in [0.05, 0.1) is 7.11 Å². The summed E-state index contributed by atoms with van der Waals surface area (Å²) in [5.41, 5.74) is 11.5. The van der Waals surface area contributed by atoms with Crippen molar-refractivity contribution >= 4 is 21.9 Å². The minimum atomic E-state index is 0.768. The van der Waals surface area contributed by atoms with E-state index in [0.29, 0.717) is 0 Å². The number of unbranched alkanes of at least 4 members (excludes halogenated alkanes) is 2. The van der Waals surface area contributed by atoms with Crippen LogP contribution in [-0.2, 0) is 6.42 Å². The van der Waals surface area contributed by atoms with Gasteiger partial charge in [-0.25, -0.2) is 4.98 Å².